The molecular weight excluding hydrogens is 172 g/mol. The summed E-state index contributed by atoms with van der Waals surface area (Å²) in [5.41, 5.74) is 0. The summed E-state index contributed by atoms with van der Waals surface area (Å²) in [6, 6.07) is 0.231. The number of morpholine rings is 1. The van der Waals surface area contributed by atoms with Gasteiger partial charge in [-0.1, -0.05) is 0 Å². The second kappa shape index (κ2) is 5.90. The van der Waals surface area contributed by atoms with Gasteiger partial charge in [-0.2, -0.15) is 0 Å². The zero-order valence-electron chi connectivity index (χ0n) is 7.84. The van der Waals surface area contributed by atoms with E-state index in [4.69, 9.17) is 4.74 Å². The molecule has 1 atom stereocenters. The maximum atomic E-state index is 11.0. The molecule has 76 valence electrons. The van der Waals surface area contributed by atoms with E-state index in [9.17, 15) is 4.79 Å². The highest BCUT2D eigenvalue weighted by molar-refractivity contribution is 5.77. The minimum Gasteiger partial charge on any atom is -0.378 e. The highest BCUT2D eigenvalue weighted by Crippen LogP contribution is 1.90. The van der Waals surface area contributed by atoms with Gasteiger partial charge in [-0.3, -0.25) is 4.79 Å². The van der Waals surface area contributed by atoms with Crippen LogP contribution in [-0.2, 0) is 14.3 Å². The topological polar surface area (TPSA) is 59.6 Å². The molecule has 0 spiro atoms. The highest BCUT2D eigenvalue weighted by atomic mass is 16.5. The second-order valence-corrected chi connectivity index (χ2v) is 2.96. The summed E-state index contributed by atoms with van der Waals surface area (Å²) in [7, 11) is 1.50. The zero-order valence-corrected chi connectivity index (χ0v) is 7.84. The SMILES string of the molecule is COCC(=O)NCC1COCCN1. The summed E-state index contributed by atoms with van der Waals surface area (Å²) in [5.74, 6) is -0.0881. The lowest BCUT2D eigenvalue weighted by atomic mass is 10.3. The van der Waals surface area contributed by atoms with Gasteiger partial charge in [0.1, 0.15) is 6.61 Å². The number of rotatable bonds is 4. The lowest BCUT2D eigenvalue weighted by Crippen LogP contribution is -2.48. The van der Waals surface area contributed by atoms with E-state index < -0.39 is 0 Å². The van der Waals surface area contributed by atoms with Gasteiger partial charge in [0.15, 0.2) is 0 Å². The van der Waals surface area contributed by atoms with E-state index in [-0.39, 0.29) is 18.6 Å². The quantitative estimate of drug-likeness (QED) is 0.578. The van der Waals surface area contributed by atoms with Crippen LogP contribution in [0.15, 0.2) is 0 Å². The average molecular weight is 188 g/mol. The number of carbonyl (C=O) groups is 1. The smallest absolute Gasteiger partial charge is 0.246 e. The first kappa shape index (κ1) is 10.4. The number of carbonyl (C=O) groups excluding carboxylic acids is 1. The van der Waals surface area contributed by atoms with E-state index in [1.54, 1.807) is 0 Å². The molecule has 1 fully saturated rings. The first-order valence-electron chi connectivity index (χ1n) is 4.39. The van der Waals surface area contributed by atoms with Gasteiger partial charge in [-0.15, -0.1) is 0 Å². The Morgan fingerprint density at radius 2 is 2.62 bits per heavy atom. The third-order valence-corrected chi connectivity index (χ3v) is 1.82. The molecule has 0 saturated carbocycles. The van der Waals surface area contributed by atoms with Crippen molar-refractivity contribution in [3.8, 4) is 0 Å². The lowest BCUT2D eigenvalue weighted by Gasteiger charge is -2.23. The minimum absolute atomic E-state index is 0.0881. The molecule has 1 heterocycles. The van der Waals surface area contributed by atoms with Crippen molar-refractivity contribution in [1.29, 1.82) is 0 Å². The Balaban J connectivity index is 2.06. The molecule has 1 aliphatic heterocycles. The molecule has 1 saturated heterocycles. The molecule has 1 aliphatic rings. The van der Waals surface area contributed by atoms with Crippen molar-refractivity contribution in [2.75, 3.05) is 40.0 Å². The van der Waals surface area contributed by atoms with Gasteiger partial charge < -0.3 is 20.1 Å². The van der Waals surface area contributed by atoms with Crippen molar-refractivity contribution in [3.63, 3.8) is 0 Å². The van der Waals surface area contributed by atoms with Crippen LogP contribution in [0.4, 0.5) is 0 Å². The van der Waals surface area contributed by atoms with E-state index in [0.717, 1.165) is 13.2 Å². The third-order valence-electron chi connectivity index (χ3n) is 1.82. The van der Waals surface area contributed by atoms with Gasteiger partial charge >= 0.3 is 0 Å². The van der Waals surface area contributed by atoms with Crippen LogP contribution in [-0.4, -0.2) is 52.0 Å². The number of ether oxygens (including phenoxy) is 2. The van der Waals surface area contributed by atoms with Gasteiger partial charge in [0.25, 0.3) is 0 Å². The van der Waals surface area contributed by atoms with Crippen LogP contribution in [0.2, 0.25) is 0 Å². The molecule has 0 aromatic rings. The molecule has 2 N–H and O–H groups in total. The van der Waals surface area contributed by atoms with Crippen LogP contribution >= 0.6 is 0 Å². The number of hydrogen-bond acceptors (Lipinski definition) is 4. The monoisotopic (exact) mass is 188 g/mol. The standard InChI is InChI=1S/C8H16N2O3/c1-12-6-8(11)10-4-7-5-13-3-2-9-7/h7,9H,2-6H2,1H3,(H,10,11). The van der Waals surface area contributed by atoms with Crippen molar-refractivity contribution in [3.05, 3.63) is 0 Å². The molecule has 0 bridgehead atoms. The van der Waals surface area contributed by atoms with Crippen molar-refractivity contribution < 1.29 is 14.3 Å². The summed E-state index contributed by atoms with van der Waals surface area (Å²) >= 11 is 0. The van der Waals surface area contributed by atoms with Crippen LogP contribution in [0, 0.1) is 0 Å². The fraction of sp³-hybridized carbons (Fsp3) is 0.875. The predicted octanol–water partition coefficient (Wildman–Crippen LogP) is -1.26. The predicted molar refractivity (Wildman–Crippen MR) is 47.5 cm³/mol. The largest absolute Gasteiger partial charge is 0.378 e. The Labute approximate surface area is 77.8 Å². The van der Waals surface area contributed by atoms with Crippen molar-refractivity contribution >= 4 is 5.91 Å². The van der Waals surface area contributed by atoms with Gasteiger partial charge in [-0.25, -0.2) is 0 Å². The Morgan fingerprint density at radius 3 is 3.23 bits per heavy atom. The molecule has 0 aliphatic carbocycles. The number of methoxy groups -OCH3 is 1. The average Bonchev–Trinajstić information content (AvgIpc) is 2.17. The molecule has 1 rings (SSSR count). The maximum absolute atomic E-state index is 11.0. The van der Waals surface area contributed by atoms with Gasteiger partial charge in [0.2, 0.25) is 5.91 Å². The fourth-order valence-corrected chi connectivity index (χ4v) is 1.17. The van der Waals surface area contributed by atoms with E-state index in [0.29, 0.717) is 13.2 Å². The zero-order chi connectivity index (χ0) is 9.52. The Hall–Kier alpha value is -0.650. The maximum Gasteiger partial charge on any atom is 0.246 e. The van der Waals surface area contributed by atoms with Crippen molar-refractivity contribution in [2.24, 2.45) is 0 Å². The Kier molecular flexibility index (Phi) is 4.74. The molecular formula is C8H16N2O3. The molecule has 5 nitrogen and oxygen atoms in total. The third kappa shape index (κ3) is 4.21. The lowest BCUT2D eigenvalue weighted by molar-refractivity contribution is -0.124. The van der Waals surface area contributed by atoms with Crippen LogP contribution < -0.4 is 10.6 Å². The number of hydrogen-bond donors (Lipinski definition) is 2. The normalized spacial score (nSPS) is 22.7. The van der Waals surface area contributed by atoms with Crippen LogP contribution in [0.3, 0.4) is 0 Å². The summed E-state index contributed by atoms with van der Waals surface area (Å²) in [6.07, 6.45) is 0. The summed E-state index contributed by atoms with van der Waals surface area (Å²) in [5, 5.41) is 5.98. The second-order valence-electron chi connectivity index (χ2n) is 2.96. The Morgan fingerprint density at radius 1 is 1.77 bits per heavy atom. The van der Waals surface area contributed by atoms with Crippen LogP contribution in [0.25, 0.3) is 0 Å². The van der Waals surface area contributed by atoms with E-state index >= 15 is 0 Å². The van der Waals surface area contributed by atoms with Gasteiger partial charge in [-0.05, 0) is 0 Å². The van der Waals surface area contributed by atoms with Crippen molar-refractivity contribution in [1.82, 2.24) is 10.6 Å². The molecule has 5 heteroatoms. The van der Waals surface area contributed by atoms with Crippen molar-refractivity contribution in [2.45, 2.75) is 6.04 Å². The van der Waals surface area contributed by atoms with E-state index in [1.165, 1.54) is 7.11 Å². The number of nitrogens with one attached hydrogen (secondary N) is 2. The van der Waals surface area contributed by atoms with E-state index in [1.807, 2.05) is 0 Å². The Bertz CT molecular complexity index is 157. The summed E-state index contributed by atoms with van der Waals surface area (Å²) < 4.78 is 9.91. The first-order valence-corrected chi connectivity index (χ1v) is 4.39. The van der Waals surface area contributed by atoms with Gasteiger partial charge in [0.05, 0.1) is 13.2 Å². The van der Waals surface area contributed by atoms with Crippen LogP contribution in [0.1, 0.15) is 0 Å². The molecule has 1 amide bonds. The molecule has 0 radical (unpaired) electrons. The molecule has 0 aromatic heterocycles. The molecule has 13 heavy (non-hydrogen) atoms. The van der Waals surface area contributed by atoms with E-state index in [2.05, 4.69) is 15.4 Å². The highest BCUT2D eigenvalue weighted by Gasteiger charge is 2.13. The molecule has 1 unspecified atom stereocenters. The summed E-state index contributed by atoms with van der Waals surface area (Å²) in [4.78, 5) is 11.0. The van der Waals surface area contributed by atoms with Crippen LogP contribution in [0.5, 0.6) is 0 Å². The number of amides is 1. The minimum atomic E-state index is -0.0881. The molecule has 0 aromatic carbocycles. The van der Waals surface area contributed by atoms with Gasteiger partial charge in [0, 0.05) is 26.2 Å². The first-order chi connectivity index (χ1) is 6.33. The fourth-order valence-electron chi connectivity index (χ4n) is 1.17. The summed E-state index contributed by atoms with van der Waals surface area (Å²) in [6.45, 7) is 2.98.